The lowest BCUT2D eigenvalue weighted by molar-refractivity contribution is 0.0785. The van der Waals surface area contributed by atoms with E-state index in [1.54, 1.807) is 0 Å². The molecule has 3 aromatic rings. The highest BCUT2D eigenvalue weighted by Gasteiger charge is 2.23. The van der Waals surface area contributed by atoms with Crippen molar-refractivity contribution in [2.45, 2.75) is 58.7 Å². The predicted molar refractivity (Wildman–Crippen MR) is 123 cm³/mol. The van der Waals surface area contributed by atoms with E-state index in [1.807, 2.05) is 13.8 Å². The molecule has 29 heavy (non-hydrogen) atoms. The summed E-state index contributed by atoms with van der Waals surface area (Å²) in [7, 11) is 0. The summed E-state index contributed by atoms with van der Waals surface area (Å²) in [6.45, 7) is 12.0. The van der Waals surface area contributed by atoms with Gasteiger partial charge in [0.25, 0.3) is 0 Å². The molecule has 0 saturated carbocycles. The van der Waals surface area contributed by atoms with Gasteiger partial charge in [0.05, 0.1) is 5.60 Å². The maximum atomic E-state index is 10.7. The molecule has 0 unspecified atom stereocenters. The van der Waals surface area contributed by atoms with Gasteiger partial charge < -0.3 is 10.0 Å². The summed E-state index contributed by atoms with van der Waals surface area (Å²) >= 11 is 0. The molecule has 0 heterocycles. The Kier molecular flexibility index (Phi) is 6.14. The van der Waals surface area contributed by atoms with Crippen LogP contribution in [0, 0.1) is 0 Å². The highest BCUT2D eigenvalue weighted by molar-refractivity contribution is 5.54. The summed E-state index contributed by atoms with van der Waals surface area (Å²) in [5.41, 5.74) is 4.98. The average molecular weight is 388 g/mol. The molecule has 152 valence electrons. The number of benzene rings is 3. The molecule has 0 atom stereocenters. The second-order valence-electron chi connectivity index (χ2n) is 9.40. The molecular weight excluding hydrogens is 354 g/mol. The number of nitrogens with zero attached hydrogens (tertiary/aromatic N) is 1. The summed E-state index contributed by atoms with van der Waals surface area (Å²) in [5, 5.41) is 10.7. The number of anilines is 1. The molecule has 0 aliphatic rings. The molecule has 0 bridgehead atoms. The van der Waals surface area contributed by atoms with Crippen molar-refractivity contribution in [3.8, 4) is 0 Å². The Morgan fingerprint density at radius 1 is 0.655 bits per heavy atom. The Morgan fingerprint density at radius 2 is 1.10 bits per heavy atom. The van der Waals surface area contributed by atoms with E-state index < -0.39 is 5.60 Å². The van der Waals surface area contributed by atoms with Crippen molar-refractivity contribution in [3.05, 3.63) is 101 Å². The van der Waals surface area contributed by atoms with Gasteiger partial charge in [-0.3, -0.25) is 0 Å². The molecule has 0 aliphatic carbocycles. The van der Waals surface area contributed by atoms with Crippen molar-refractivity contribution in [1.29, 1.82) is 0 Å². The summed E-state index contributed by atoms with van der Waals surface area (Å²) < 4.78 is 0. The molecule has 0 saturated heterocycles. The predicted octanol–water partition coefficient (Wildman–Crippen LogP) is 6.42. The van der Waals surface area contributed by atoms with Gasteiger partial charge in [-0.25, -0.2) is 0 Å². The van der Waals surface area contributed by atoms with Gasteiger partial charge in [0, 0.05) is 18.8 Å². The monoisotopic (exact) mass is 387 g/mol. The third kappa shape index (κ3) is 5.71. The minimum absolute atomic E-state index is 0.00116. The van der Waals surface area contributed by atoms with Crippen molar-refractivity contribution < 1.29 is 5.11 Å². The Labute approximate surface area is 175 Å². The second kappa shape index (κ2) is 8.42. The van der Waals surface area contributed by atoms with E-state index in [0.29, 0.717) is 0 Å². The molecule has 0 fully saturated rings. The topological polar surface area (TPSA) is 23.5 Å². The van der Waals surface area contributed by atoms with Crippen LogP contribution in [0.3, 0.4) is 0 Å². The number of aliphatic hydroxyl groups is 1. The Morgan fingerprint density at radius 3 is 1.52 bits per heavy atom. The lowest BCUT2D eigenvalue weighted by Gasteiger charge is -2.31. The molecule has 0 amide bonds. The molecule has 0 aliphatic heterocycles. The van der Waals surface area contributed by atoms with Crippen LogP contribution in [0.1, 0.15) is 56.9 Å². The van der Waals surface area contributed by atoms with E-state index in [2.05, 4.69) is 105 Å². The molecule has 2 heteroatoms. The van der Waals surface area contributed by atoms with E-state index in [-0.39, 0.29) is 5.41 Å². The maximum absolute atomic E-state index is 10.7. The fourth-order valence-corrected chi connectivity index (χ4v) is 3.43. The van der Waals surface area contributed by atoms with Crippen LogP contribution in [0.5, 0.6) is 0 Å². The number of hydrogen-bond donors (Lipinski definition) is 1. The first-order valence-electron chi connectivity index (χ1n) is 10.3. The summed E-state index contributed by atoms with van der Waals surface area (Å²) in [4.78, 5) is 2.40. The van der Waals surface area contributed by atoms with Gasteiger partial charge in [0.15, 0.2) is 0 Å². The first-order valence-corrected chi connectivity index (χ1v) is 10.3. The molecule has 3 aromatic carbocycles. The largest absolute Gasteiger partial charge is 0.386 e. The Bertz CT molecular complexity index is 844. The van der Waals surface area contributed by atoms with Crippen molar-refractivity contribution in [1.82, 2.24) is 0 Å². The van der Waals surface area contributed by atoms with Gasteiger partial charge in [0.1, 0.15) is 0 Å². The smallest absolute Gasteiger partial charge is 0.0841 e. The van der Waals surface area contributed by atoms with E-state index in [0.717, 1.165) is 24.3 Å². The van der Waals surface area contributed by atoms with Crippen molar-refractivity contribution in [2.24, 2.45) is 0 Å². The zero-order chi connectivity index (χ0) is 21.1. The minimum atomic E-state index is -0.888. The third-order valence-corrected chi connectivity index (χ3v) is 5.29. The molecule has 0 radical (unpaired) electrons. The lowest BCUT2D eigenvalue weighted by atomic mass is 9.83. The summed E-state index contributed by atoms with van der Waals surface area (Å²) in [6.07, 6.45) is 0. The molecule has 0 aromatic heterocycles. The van der Waals surface area contributed by atoms with Crippen LogP contribution in [-0.2, 0) is 24.1 Å². The van der Waals surface area contributed by atoms with Crippen LogP contribution in [0.25, 0.3) is 0 Å². The van der Waals surface area contributed by atoms with E-state index in [9.17, 15) is 5.11 Å². The van der Waals surface area contributed by atoms with Crippen LogP contribution in [0.2, 0.25) is 0 Å². The van der Waals surface area contributed by atoms with E-state index in [4.69, 9.17) is 0 Å². The standard InChI is InChI=1S/C27H33NO/c1-26(2,3)23-16-24(27(4,5)29)18-25(17-23)28(19-21-12-8-6-9-13-21)20-22-14-10-7-11-15-22/h6-18,29H,19-20H2,1-5H3. The average Bonchev–Trinajstić information content (AvgIpc) is 2.67. The van der Waals surface area contributed by atoms with Gasteiger partial charge in [-0.05, 0) is 53.6 Å². The summed E-state index contributed by atoms with van der Waals surface area (Å²) in [6, 6.07) is 27.7. The normalized spacial score (nSPS) is 12.1. The van der Waals surface area contributed by atoms with Gasteiger partial charge in [0.2, 0.25) is 0 Å². The first-order chi connectivity index (χ1) is 13.6. The highest BCUT2D eigenvalue weighted by atomic mass is 16.3. The van der Waals surface area contributed by atoms with Crippen LogP contribution in [-0.4, -0.2) is 5.11 Å². The number of hydrogen-bond acceptors (Lipinski definition) is 2. The maximum Gasteiger partial charge on any atom is 0.0841 e. The van der Waals surface area contributed by atoms with Crippen LogP contribution >= 0.6 is 0 Å². The van der Waals surface area contributed by atoms with Gasteiger partial charge in [-0.15, -0.1) is 0 Å². The van der Waals surface area contributed by atoms with Gasteiger partial charge >= 0.3 is 0 Å². The van der Waals surface area contributed by atoms with Crippen molar-refractivity contribution in [3.63, 3.8) is 0 Å². The van der Waals surface area contributed by atoms with E-state index in [1.165, 1.54) is 16.7 Å². The van der Waals surface area contributed by atoms with Gasteiger partial charge in [-0.1, -0.05) is 87.5 Å². The highest BCUT2D eigenvalue weighted by Crippen LogP contribution is 2.33. The van der Waals surface area contributed by atoms with Crippen LogP contribution in [0.4, 0.5) is 5.69 Å². The molecule has 1 N–H and O–H groups in total. The minimum Gasteiger partial charge on any atom is -0.386 e. The number of rotatable bonds is 6. The fraction of sp³-hybridized carbons (Fsp3) is 0.333. The van der Waals surface area contributed by atoms with Crippen LogP contribution < -0.4 is 4.90 Å². The summed E-state index contributed by atoms with van der Waals surface area (Å²) in [5.74, 6) is 0. The molecule has 3 rings (SSSR count). The lowest BCUT2D eigenvalue weighted by Crippen LogP contribution is -2.25. The zero-order valence-corrected chi connectivity index (χ0v) is 18.3. The Hall–Kier alpha value is -2.58. The van der Waals surface area contributed by atoms with Crippen molar-refractivity contribution in [2.75, 3.05) is 4.90 Å². The van der Waals surface area contributed by atoms with Crippen LogP contribution in [0.15, 0.2) is 78.9 Å². The first kappa shape index (κ1) is 21.1. The molecular formula is C27H33NO. The zero-order valence-electron chi connectivity index (χ0n) is 18.3. The van der Waals surface area contributed by atoms with E-state index >= 15 is 0 Å². The molecule has 2 nitrogen and oxygen atoms in total. The Balaban J connectivity index is 2.08. The second-order valence-corrected chi connectivity index (χ2v) is 9.40. The quantitative estimate of drug-likeness (QED) is 0.527. The molecule has 0 spiro atoms. The van der Waals surface area contributed by atoms with Gasteiger partial charge in [-0.2, -0.15) is 0 Å². The third-order valence-electron chi connectivity index (χ3n) is 5.29. The fourth-order valence-electron chi connectivity index (χ4n) is 3.43. The van der Waals surface area contributed by atoms with Crippen molar-refractivity contribution >= 4 is 5.69 Å². The SMILES string of the molecule is CC(C)(C)c1cc(N(Cc2ccccc2)Cc2ccccc2)cc(C(C)(C)O)c1.